The largest absolute Gasteiger partial charge is 0.337 e. The summed E-state index contributed by atoms with van der Waals surface area (Å²) < 4.78 is 1.08. The summed E-state index contributed by atoms with van der Waals surface area (Å²) in [6, 6.07) is 17.3. The van der Waals surface area contributed by atoms with Crippen molar-refractivity contribution in [1.82, 2.24) is 9.97 Å². The smallest absolute Gasteiger partial charge is 0.141 e. The molecule has 0 radical (unpaired) electrons. The van der Waals surface area contributed by atoms with Crippen molar-refractivity contribution in [2.45, 2.75) is 0 Å². The monoisotopic (exact) mass is 384 g/mol. The SMILES string of the molecule is N#Cc1cccc(C#N)c1-c1nc2c3ccc(Cl)cc3c3ccsc3c2[nH]1. The lowest BCUT2D eigenvalue weighted by Crippen LogP contribution is -1.91. The van der Waals surface area contributed by atoms with Crippen molar-refractivity contribution >= 4 is 54.8 Å². The third kappa shape index (κ3) is 2.23. The number of hydrogen-bond acceptors (Lipinski definition) is 4. The third-order valence-corrected chi connectivity index (χ3v) is 5.83. The van der Waals surface area contributed by atoms with Crippen LogP contribution in [0.25, 0.3) is 43.3 Å². The Morgan fingerprint density at radius 1 is 0.963 bits per heavy atom. The highest BCUT2D eigenvalue weighted by Crippen LogP contribution is 2.39. The quantitative estimate of drug-likeness (QED) is 0.385. The fourth-order valence-corrected chi connectivity index (χ4v) is 4.59. The molecule has 0 bridgehead atoms. The van der Waals surface area contributed by atoms with E-state index in [1.54, 1.807) is 29.5 Å². The zero-order valence-electron chi connectivity index (χ0n) is 13.7. The Balaban J connectivity index is 1.96. The summed E-state index contributed by atoms with van der Waals surface area (Å²) in [5.74, 6) is 0.524. The number of thiophene rings is 1. The highest BCUT2D eigenvalue weighted by Gasteiger charge is 2.18. The number of halogens is 1. The lowest BCUT2D eigenvalue weighted by molar-refractivity contribution is 1.31. The summed E-state index contributed by atoms with van der Waals surface area (Å²) in [6.07, 6.45) is 0. The number of hydrogen-bond donors (Lipinski definition) is 1. The van der Waals surface area contributed by atoms with Gasteiger partial charge in [0.25, 0.3) is 0 Å². The fourth-order valence-electron chi connectivity index (χ4n) is 3.51. The van der Waals surface area contributed by atoms with Crippen molar-refractivity contribution in [2.24, 2.45) is 0 Å². The molecule has 5 aromatic rings. The second-order valence-electron chi connectivity index (χ2n) is 6.11. The molecule has 0 saturated carbocycles. The number of H-pyrrole nitrogens is 1. The number of aromatic amines is 1. The van der Waals surface area contributed by atoms with Crippen LogP contribution in [0.3, 0.4) is 0 Å². The van der Waals surface area contributed by atoms with Crippen LogP contribution in [0.15, 0.2) is 47.8 Å². The van der Waals surface area contributed by atoms with E-state index in [-0.39, 0.29) is 0 Å². The van der Waals surface area contributed by atoms with E-state index in [4.69, 9.17) is 16.6 Å². The van der Waals surface area contributed by atoms with E-state index in [0.29, 0.717) is 27.5 Å². The topological polar surface area (TPSA) is 76.3 Å². The Hall–Kier alpha value is -3.38. The summed E-state index contributed by atoms with van der Waals surface area (Å²) in [5.41, 5.74) is 3.08. The van der Waals surface area contributed by atoms with Crippen LogP contribution in [0.1, 0.15) is 11.1 Å². The molecule has 27 heavy (non-hydrogen) atoms. The van der Waals surface area contributed by atoms with Gasteiger partial charge in [-0.25, -0.2) is 4.98 Å². The van der Waals surface area contributed by atoms with Crippen molar-refractivity contribution in [1.29, 1.82) is 10.5 Å². The van der Waals surface area contributed by atoms with Crippen LogP contribution in [-0.2, 0) is 0 Å². The lowest BCUT2D eigenvalue weighted by Gasteiger charge is -2.02. The molecule has 0 aliphatic heterocycles. The van der Waals surface area contributed by atoms with Crippen molar-refractivity contribution in [3.8, 4) is 23.5 Å². The van der Waals surface area contributed by atoms with Crippen LogP contribution in [0.4, 0.5) is 0 Å². The van der Waals surface area contributed by atoms with E-state index in [0.717, 1.165) is 31.9 Å². The van der Waals surface area contributed by atoms with Gasteiger partial charge >= 0.3 is 0 Å². The Kier molecular flexibility index (Phi) is 3.42. The molecule has 3 aromatic carbocycles. The van der Waals surface area contributed by atoms with Gasteiger partial charge in [0.05, 0.1) is 44.6 Å². The molecule has 0 atom stereocenters. The van der Waals surface area contributed by atoms with Gasteiger partial charge in [0.1, 0.15) is 5.82 Å². The minimum Gasteiger partial charge on any atom is -0.337 e. The Morgan fingerprint density at radius 3 is 2.48 bits per heavy atom. The Bertz CT molecular complexity index is 1430. The second kappa shape index (κ2) is 5.82. The van der Waals surface area contributed by atoms with Crippen molar-refractivity contribution in [3.63, 3.8) is 0 Å². The summed E-state index contributed by atoms with van der Waals surface area (Å²) in [4.78, 5) is 8.15. The van der Waals surface area contributed by atoms with Crippen molar-refractivity contribution in [2.75, 3.05) is 0 Å². The van der Waals surface area contributed by atoms with E-state index in [1.165, 1.54) is 0 Å². The van der Waals surface area contributed by atoms with E-state index in [2.05, 4.69) is 23.2 Å². The van der Waals surface area contributed by atoms with Crippen LogP contribution < -0.4 is 0 Å². The van der Waals surface area contributed by atoms with E-state index >= 15 is 0 Å². The first kappa shape index (κ1) is 15.8. The molecule has 1 N–H and O–H groups in total. The molecule has 0 fully saturated rings. The molecular formula is C21H9ClN4S. The fraction of sp³-hybridized carbons (Fsp3) is 0. The first-order valence-electron chi connectivity index (χ1n) is 8.13. The van der Waals surface area contributed by atoms with Gasteiger partial charge in [-0.15, -0.1) is 11.3 Å². The summed E-state index contributed by atoms with van der Waals surface area (Å²) >= 11 is 7.84. The minimum atomic E-state index is 0.419. The summed E-state index contributed by atoms with van der Waals surface area (Å²) in [7, 11) is 0. The first-order chi connectivity index (χ1) is 13.2. The van der Waals surface area contributed by atoms with Crippen LogP contribution in [-0.4, -0.2) is 9.97 Å². The average Bonchev–Trinajstić information content (AvgIpc) is 3.34. The number of fused-ring (bicyclic) bond motifs is 6. The van der Waals surface area contributed by atoms with Gasteiger partial charge in [-0.05, 0) is 41.1 Å². The Labute approximate surface area is 162 Å². The van der Waals surface area contributed by atoms with E-state index < -0.39 is 0 Å². The third-order valence-electron chi connectivity index (χ3n) is 4.67. The highest BCUT2D eigenvalue weighted by molar-refractivity contribution is 7.18. The standard InChI is InChI=1S/C21H9ClN4S/c22-13-4-5-14-16(8-13)15-6-7-27-20(15)19-18(14)25-21(26-19)17-11(9-23)2-1-3-12(17)10-24/h1-8H,(H,25,26). The molecular weight excluding hydrogens is 376 g/mol. The maximum Gasteiger partial charge on any atom is 0.141 e. The van der Waals surface area contributed by atoms with Gasteiger partial charge in [0.15, 0.2) is 0 Å². The molecule has 2 heterocycles. The van der Waals surface area contributed by atoms with Gasteiger partial charge in [-0.1, -0.05) is 23.7 Å². The molecule has 126 valence electrons. The first-order valence-corrected chi connectivity index (χ1v) is 9.38. The molecule has 5 rings (SSSR count). The summed E-state index contributed by atoms with van der Waals surface area (Å²) in [6.45, 7) is 0. The maximum atomic E-state index is 9.50. The number of imidazole rings is 1. The number of nitriles is 2. The van der Waals surface area contributed by atoms with E-state index in [9.17, 15) is 10.5 Å². The number of benzene rings is 3. The molecule has 2 aromatic heterocycles. The van der Waals surface area contributed by atoms with Gasteiger partial charge in [0, 0.05) is 15.8 Å². The minimum absolute atomic E-state index is 0.419. The van der Waals surface area contributed by atoms with Crippen LogP contribution in [0.2, 0.25) is 5.02 Å². The number of nitrogens with zero attached hydrogens (tertiary/aromatic N) is 3. The second-order valence-corrected chi connectivity index (χ2v) is 7.47. The maximum absolute atomic E-state index is 9.50. The van der Waals surface area contributed by atoms with Crippen molar-refractivity contribution in [3.05, 3.63) is 64.0 Å². The van der Waals surface area contributed by atoms with Gasteiger partial charge in [-0.3, -0.25) is 0 Å². The average molecular weight is 385 g/mol. The van der Waals surface area contributed by atoms with Gasteiger partial charge in [0.2, 0.25) is 0 Å². The molecule has 4 nitrogen and oxygen atoms in total. The van der Waals surface area contributed by atoms with Crippen molar-refractivity contribution < 1.29 is 0 Å². The predicted molar refractivity (Wildman–Crippen MR) is 109 cm³/mol. The molecule has 0 spiro atoms. The molecule has 0 unspecified atom stereocenters. The zero-order chi connectivity index (χ0) is 18.5. The molecule has 0 aliphatic carbocycles. The Morgan fingerprint density at radius 2 is 1.74 bits per heavy atom. The zero-order valence-corrected chi connectivity index (χ0v) is 15.3. The number of rotatable bonds is 1. The molecule has 0 saturated heterocycles. The number of nitrogens with one attached hydrogen (secondary N) is 1. The van der Waals surface area contributed by atoms with Gasteiger partial charge < -0.3 is 4.98 Å². The lowest BCUT2D eigenvalue weighted by atomic mass is 10.0. The highest BCUT2D eigenvalue weighted by atomic mass is 35.5. The van der Waals surface area contributed by atoms with Gasteiger partial charge in [-0.2, -0.15) is 10.5 Å². The van der Waals surface area contributed by atoms with Crippen LogP contribution >= 0.6 is 22.9 Å². The normalized spacial score (nSPS) is 11.1. The van der Waals surface area contributed by atoms with Crippen LogP contribution in [0.5, 0.6) is 0 Å². The number of aromatic nitrogens is 2. The molecule has 0 amide bonds. The predicted octanol–water partition coefficient (Wildman–Crippen LogP) is 5.99. The molecule has 6 heteroatoms. The summed E-state index contributed by atoms with van der Waals surface area (Å²) in [5, 5.41) is 24.8. The van der Waals surface area contributed by atoms with Crippen LogP contribution in [0, 0.1) is 22.7 Å². The molecule has 0 aliphatic rings. The van der Waals surface area contributed by atoms with E-state index in [1.807, 2.05) is 23.6 Å².